The summed E-state index contributed by atoms with van der Waals surface area (Å²) in [5.74, 6) is -0.939. The van der Waals surface area contributed by atoms with Gasteiger partial charge in [-0.15, -0.1) is 0 Å². The Labute approximate surface area is 156 Å². The summed E-state index contributed by atoms with van der Waals surface area (Å²) in [5, 5.41) is 0. The Morgan fingerprint density at radius 2 is 1.62 bits per heavy atom. The van der Waals surface area contributed by atoms with E-state index in [2.05, 4.69) is 0 Å². The Hall–Kier alpha value is -2.14. The van der Waals surface area contributed by atoms with Gasteiger partial charge in [0.15, 0.2) is 0 Å². The van der Waals surface area contributed by atoms with Crippen molar-refractivity contribution in [1.29, 1.82) is 0 Å². The molecule has 0 N–H and O–H groups in total. The van der Waals surface area contributed by atoms with Crippen molar-refractivity contribution >= 4 is 11.9 Å². The van der Waals surface area contributed by atoms with Gasteiger partial charge in [0.05, 0.1) is 6.10 Å². The number of hydrogen-bond acceptors (Lipinski definition) is 5. The second-order valence-electron chi connectivity index (χ2n) is 6.61. The average Bonchev–Trinajstić information content (AvgIpc) is 2.62. The fourth-order valence-corrected chi connectivity index (χ4v) is 2.33. The molecule has 144 valence electrons. The van der Waals surface area contributed by atoms with Crippen LogP contribution in [0.5, 0.6) is 0 Å². The molecule has 0 aliphatic heterocycles. The van der Waals surface area contributed by atoms with Crippen molar-refractivity contribution < 1.29 is 23.8 Å². The van der Waals surface area contributed by atoms with Gasteiger partial charge in [0, 0.05) is 26.0 Å². The number of methoxy groups -OCH3 is 1. The highest BCUT2D eigenvalue weighted by Gasteiger charge is 2.28. The molecule has 5 heteroatoms. The molecule has 1 rings (SSSR count). The summed E-state index contributed by atoms with van der Waals surface area (Å²) in [5.41, 5.74) is 0.597. The van der Waals surface area contributed by atoms with E-state index in [0.717, 1.165) is 6.42 Å². The van der Waals surface area contributed by atoms with Gasteiger partial charge in [-0.25, -0.2) is 4.79 Å². The zero-order valence-corrected chi connectivity index (χ0v) is 16.3. The summed E-state index contributed by atoms with van der Waals surface area (Å²) < 4.78 is 16.1. The van der Waals surface area contributed by atoms with Gasteiger partial charge in [-0.05, 0) is 19.3 Å². The molecule has 0 heterocycles. The van der Waals surface area contributed by atoms with Crippen LogP contribution in [0, 0.1) is 5.92 Å². The van der Waals surface area contributed by atoms with Gasteiger partial charge in [-0.3, -0.25) is 4.79 Å². The molecular weight excluding hydrogens is 332 g/mol. The molecule has 26 heavy (non-hydrogen) atoms. The molecule has 0 amide bonds. The van der Waals surface area contributed by atoms with Crippen molar-refractivity contribution in [3.05, 3.63) is 48.0 Å². The van der Waals surface area contributed by atoms with E-state index in [1.165, 1.54) is 6.92 Å². The molecule has 0 fully saturated rings. The van der Waals surface area contributed by atoms with Crippen LogP contribution in [0.15, 0.2) is 42.5 Å². The van der Waals surface area contributed by atoms with Crippen LogP contribution in [0.25, 0.3) is 0 Å². The molecular formula is C21H30O5. The van der Waals surface area contributed by atoms with E-state index in [4.69, 9.17) is 14.2 Å². The van der Waals surface area contributed by atoms with Gasteiger partial charge in [0.25, 0.3) is 0 Å². The first-order valence-corrected chi connectivity index (χ1v) is 8.95. The van der Waals surface area contributed by atoms with Crippen molar-refractivity contribution in [2.24, 2.45) is 5.92 Å². The number of esters is 2. The Balaban J connectivity index is 2.77. The molecule has 0 saturated heterocycles. The monoisotopic (exact) mass is 362 g/mol. The van der Waals surface area contributed by atoms with Gasteiger partial charge < -0.3 is 14.2 Å². The first-order chi connectivity index (χ1) is 12.3. The van der Waals surface area contributed by atoms with E-state index < -0.39 is 18.0 Å². The molecule has 0 radical (unpaired) electrons. The van der Waals surface area contributed by atoms with Crippen LogP contribution < -0.4 is 0 Å². The maximum Gasteiger partial charge on any atom is 0.352 e. The lowest BCUT2D eigenvalue weighted by Crippen LogP contribution is -2.28. The number of hydrogen-bond donors (Lipinski definition) is 0. The number of benzene rings is 1. The molecule has 0 aliphatic carbocycles. The number of carbonyl (C=O) groups is 2. The molecule has 5 nitrogen and oxygen atoms in total. The first-order valence-electron chi connectivity index (χ1n) is 8.95. The lowest BCUT2D eigenvalue weighted by Gasteiger charge is -2.23. The van der Waals surface area contributed by atoms with Gasteiger partial charge >= 0.3 is 11.9 Å². The topological polar surface area (TPSA) is 61.8 Å². The smallest absolute Gasteiger partial charge is 0.352 e. The quantitative estimate of drug-likeness (QED) is 0.460. The molecule has 0 aliphatic rings. The second-order valence-corrected chi connectivity index (χ2v) is 6.61. The van der Waals surface area contributed by atoms with Crippen LogP contribution >= 0.6 is 0 Å². The number of rotatable bonds is 10. The average molecular weight is 362 g/mol. The fourth-order valence-electron chi connectivity index (χ4n) is 2.33. The lowest BCUT2D eigenvalue weighted by molar-refractivity contribution is -0.172. The Morgan fingerprint density at radius 3 is 2.15 bits per heavy atom. The van der Waals surface area contributed by atoms with Crippen LogP contribution in [0.4, 0.5) is 0 Å². The predicted molar refractivity (Wildman–Crippen MR) is 101 cm³/mol. The summed E-state index contributed by atoms with van der Waals surface area (Å²) in [6.45, 7) is 7.26. The molecule has 0 bridgehead atoms. The minimum absolute atomic E-state index is 0.136. The maximum absolute atomic E-state index is 12.6. The highest BCUT2D eigenvalue weighted by Crippen LogP contribution is 2.22. The standard InChI is InChI=1S/C21H30O5/c1-15(2)19(14-10-9-11-16(3)24-5)26-21(23)20(25-17(4)22)18-12-7-6-8-13-18/h6-10,12-13,15-16,19-20H,11,14H2,1-5H3/b10-9-/t16-,19-,20+/m1/s1. The van der Waals surface area contributed by atoms with Crippen LogP contribution in [0.2, 0.25) is 0 Å². The van der Waals surface area contributed by atoms with E-state index in [9.17, 15) is 9.59 Å². The minimum Gasteiger partial charge on any atom is -0.459 e. The van der Waals surface area contributed by atoms with Crippen molar-refractivity contribution in [2.45, 2.75) is 58.8 Å². The summed E-state index contributed by atoms with van der Waals surface area (Å²) in [7, 11) is 1.68. The second kappa shape index (κ2) is 11.5. The third-order valence-corrected chi connectivity index (χ3v) is 4.02. The van der Waals surface area contributed by atoms with E-state index in [1.54, 1.807) is 31.4 Å². The van der Waals surface area contributed by atoms with E-state index in [1.807, 2.05) is 39.0 Å². The molecule has 0 aromatic heterocycles. The van der Waals surface area contributed by atoms with Crippen LogP contribution in [0.3, 0.4) is 0 Å². The molecule has 0 spiro atoms. The van der Waals surface area contributed by atoms with Gasteiger partial charge in [0.2, 0.25) is 6.10 Å². The third-order valence-electron chi connectivity index (χ3n) is 4.02. The van der Waals surface area contributed by atoms with E-state index >= 15 is 0 Å². The van der Waals surface area contributed by atoms with Crippen molar-refractivity contribution in [3.8, 4) is 0 Å². The summed E-state index contributed by atoms with van der Waals surface area (Å²) >= 11 is 0. The molecule has 1 aromatic rings. The zero-order valence-electron chi connectivity index (χ0n) is 16.3. The largest absolute Gasteiger partial charge is 0.459 e. The van der Waals surface area contributed by atoms with Crippen LogP contribution in [-0.4, -0.2) is 31.3 Å². The van der Waals surface area contributed by atoms with Crippen molar-refractivity contribution in [1.82, 2.24) is 0 Å². The SMILES string of the molecule is CO[C@H](C)C/C=C\C[C@@H](OC(=O)[C@@H](OC(C)=O)c1ccccc1)C(C)C. The normalized spacial score (nSPS) is 14.8. The summed E-state index contributed by atoms with van der Waals surface area (Å²) in [6, 6.07) is 8.90. The Morgan fingerprint density at radius 1 is 1.00 bits per heavy atom. The molecule has 3 atom stereocenters. The Kier molecular flexibility index (Phi) is 9.66. The highest BCUT2D eigenvalue weighted by molar-refractivity contribution is 5.80. The fraction of sp³-hybridized carbons (Fsp3) is 0.524. The van der Waals surface area contributed by atoms with Crippen molar-refractivity contribution in [2.75, 3.05) is 7.11 Å². The minimum atomic E-state index is -1.05. The van der Waals surface area contributed by atoms with Crippen LogP contribution in [-0.2, 0) is 23.8 Å². The number of ether oxygens (including phenoxy) is 3. The third kappa shape index (κ3) is 7.83. The maximum atomic E-state index is 12.6. The molecule has 0 saturated carbocycles. The van der Waals surface area contributed by atoms with Gasteiger partial charge in [-0.1, -0.05) is 56.3 Å². The highest BCUT2D eigenvalue weighted by atomic mass is 16.6. The zero-order chi connectivity index (χ0) is 19.5. The molecule has 1 aromatic carbocycles. The van der Waals surface area contributed by atoms with Crippen molar-refractivity contribution in [3.63, 3.8) is 0 Å². The van der Waals surface area contributed by atoms with Gasteiger partial charge in [0.1, 0.15) is 6.10 Å². The van der Waals surface area contributed by atoms with Crippen LogP contribution in [0.1, 0.15) is 52.2 Å². The van der Waals surface area contributed by atoms with E-state index in [0.29, 0.717) is 12.0 Å². The van der Waals surface area contributed by atoms with Gasteiger partial charge in [-0.2, -0.15) is 0 Å². The number of carbonyl (C=O) groups excluding carboxylic acids is 2. The summed E-state index contributed by atoms with van der Waals surface area (Å²) in [6.07, 6.45) is 4.23. The predicted octanol–water partition coefficient (Wildman–Crippen LogP) is 4.23. The summed E-state index contributed by atoms with van der Waals surface area (Å²) in [4.78, 5) is 24.0. The molecule has 0 unspecified atom stereocenters. The Bertz CT molecular complexity index is 579. The van der Waals surface area contributed by atoms with E-state index in [-0.39, 0.29) is 18.1 Å². The lowest BCUT2D eigenvalue weighted by atomic mass is 10.0. The first kappa shape index (κ1) is 21.9.